The highest BCUT2D eigenvalue weighted by Gasteiger charge is 2.23. The summed E-state index contributed by atoms with van der Waals surface area (Å²) in [7, 11) is 1.61. The van der Waals surface area contributed by atoms with Gasteiger partial charge in [0.2, 0.25) is 5.43 Å². The van der Waals surface area contributed by atoms with Crippen LogP contribution in [-0.4, -0.2) is 25.3 Å². The SMILES string of the molecule is COc1ccc(-c2coc3c(C[NH+]4CCC[C@H](C)C4)c(O)ccc3c2=O)cc1. The second kappa shape index (κ2) is 7.68. The molecule has 2 aromatic carbocycles. The van der Waals surface area contributed by atoms with E-state index in [0.29, 0.717) is 29.0 Å². The van der Waals surface area contributed by atoms with Gasteiger partial charge in [-0.25, -0.2) is 0 Å². The first kappa shape index (κ1) is 18.6. The molecule has 0 saturated carbocycles. The van der Waals surface area contributed by atoms with E-state index in [9.17, 15) is 9.90 Å². The van der Waals surface area contributed by atoms with Crippen LogP contribution in [0.2, 0.25) is 0 Å². The van der Waals surface area contributed by atoms with Gasteiger partial charge in [0.05, 0.1) is 36.7 Å². The Morgan fingerprint density at radius 2 is 2.00 bits per heavy atom. The van der Waals surface area contributed by atoms with Crippen molar-refractivity contribution in [1.29, 1.82) is 0 Å². The first-order valence-corrected chi connectivity index (χ1v) is 9.81. The summed E-state index contributed by atoms with van der Waals surface area (Å²) >= 11 is 0. The number of hydrogen-bond donors (Lipinski definition) is 2. The van der Waals surface area contributed by atoms with Crippen LogP contribution in [0, 0.1) is 5.92 Å². The highest BCUT2D eigenvalue weighted by atomic mass is 16.5. The van der Waals surface area contributed by atoms with Crippen molar-refractivity contribution in [3.63, 3.8) is 0 Å². The number of likely N-dealkylation sites (tertiary alicyclic amines) is 1. The van der Waals surface area contributed by atoms with Gasteiger partial charge in [0.1, 0.15) is 29.9 Å². The number of aromatic hydroxyl groups is 1. The van der Waals surface area contributed by atoms with Crippen LogP contribution in [0.5, 0.6) is 11.5 Å². The van der Waals surface area contributed by atoms with Gasteiger partial charge in [-0.2, -0.15) is 0 Å². The van der Waals surface area contributed by atoms with Crippen LogP contribution < -0.4 is 15.1 Å². The van der Waals surface area contributed by atoms with Gasteiger partial charge >= 0.3 is 0 Å². The fourth-order valence-corrected chi connectivity index (χ4v) is 4.20. The molecule has 2 atom stereocenters. The normalized spacial score (nSPS) is 19.6. The Kier molecular flexibility index (Phi) is 5.09. The van der Waals surface area contributed by atoms with Crippen molar-refractivity contribution in [2.45, 2.75) is 26.3 Å². The number of rotatable bonds is 4. The summed E-state index contributed by atoms with van der Waals surface area (Å²) in [5, 5.41) is 11.0. The van der Waals surface area contributed by atoms with Gasteiger partial charge in [0.15, 0.2) is 0 Å². The summed E-state index contributed by atoms with van der Waals surface area (Å²) in [5.74, 6) is 1.60. The third kappa shape index (κ3) is 3.50. The molecule has 2 N–H and O–H groups in total. The Morgan fingerprint density at radius 1 is 1.21 bits per heavy atom. The van der Waals surface area contributed by atoms with Crippen molar-refractivity contribution < 1.29 is 19.2 Å². The predicted molar refractivity (Wildman–Crippen MR) is 109 cm³/mol. The Morgan fingerprint density at radius 3 is 2.71 bits per heavy atom. The van der Waals surface area contributed by atoms with E-state index in [4.69, 9.17) is 9.15 Å². The first-order valence-electron chi connectivity index (χ1n) is 9.81. The zero-order valence-electron chi connectivity index (χ0n) is 16.3. The van der Waals surface area contributed by atoms with Crippen LogP contribution in [0.4, 0.5) is 0 Å². The summed E-state index contributed by atoms with van der Waals surface area (Å²) in [6.07, 6.45) is 3.95. The van der Waals surface area contributed by atoms with Crippen molar-refractivity contribution in [2.75, 3.05) is 20.2 Å². The van der Waals surface area contributed by atoms with Crippen LogP contribution in [0.25, 0.3) is 22.1 Å². The molecule has 0 aliphatic carbocycles. The zero-order chi connectivity index (χ0) is 19.7. The molecular formula is C23H26NO4+. The number of benzene rings is 2. The number of phenolic OH excluding ortho intramolecular Hbond substituents is 1. The van der Waals surface area contributed by atoms with E-state index in [1.807, 2.05) is 24.3 Å². The summed E-state index contributed by atoms with van der Waals surface area (Å²) in [5.41, 5.74) is 2.41. The van der Waals surface area contributed by atoms with Crippen molar-refractivity contribution >= 4 is 11.0 Å². The van der Waals surface area contributed by atoms with Crippen molar-refractivity contribution in [3.05, 3.63) is 58.4 Å². The Bertz CT molecular complexity index is 1040. The van der Waals surface area contributed by atoms with E-state index in [1.54, 1.807) is 19.2 Å². The van der Waals surface area contributed by atoms with Gasteiger partial charge in [0.25, 0.3) is 0 Å². The molecule has 1 unspecified atom stereocenters. The summed E-state index contributed by atoms with van der Waals surface area (Å²) in [6, 6.07) is 10.6. The molecule has 4 rings (SSSR count). The lowest BCUT2D eigenvalue weighted by atomic mass is 9.99. The standard InChI is InChI=1S/C23H25NO4/c1-15-4-3-11-24(12-15)13-19-21(25)10-9-18-22(26)20(14-28-23(18)19)16-5-7-17(27-2)8-6-16/h5-10,14-15,25H,3-4,11-13H2,1-2H3/p+1/t15-/m0/s1. The maximum absolute atomic E-state index is 13.1. The largest absolute Gasteiger partial charge is 0.507 e. The predicted octanol–water partition coefficient (Wildman–Crippen LogP) is 2.99. The van der Waals surface area contributed by atoms with E-state index in [-0.39, 0.29) is 11.2 Å². The van der Waals surface area contributed by atoms with E-state index in [0.717, 1.165) is 30.0 Å². The van der Waals surface area contributed by atoms with E-state index < -0.39 is 0 Å². The minimum Gasteiger partial charge on any atom is -0.507 e. The van der Waals surface area contributed by atoms with Crippen molar-refractivity contribution in [2.24, 2.45) is 5.92 Å². The van der Waals surface area contributed by atoms with Gasteiger partial charge in [-0.15, -0.1) is 0 Å². The van der Waals surface area contributed by atoms with E-state index >= 15 is 0 Å². The quantitative estimate of drug-likeness (QED) is 0.730. The Balaban J connectivity index is 1.75. The molecule has 2 heterocycles. The minimum atomic E-state index is -0.0883. The molecule has 3 aromatic rings. The maximum atomic E-state index is 13.1. The molecule has 0 bridgehead atoms. The maximum Gasteiger partial charge on any atom is 0.200 e. The van der Waals surface area contributed by atoms with Gasteiger partial charge in [-0.3, -0.25) is 4.79 Å². The fraction of sp³-hybridized carbons (Fsp3) is 0.348. The molecule has 1 aliphatic rings. The van der Waals surface area contributed by atoms with Crippen molar-refractivity contribution in [3.8, 4) is 22.6 Å². The lowest BCUT2D eigenvalue weighted by Crippen LogP contribution is -3.12. The monoisotopic (exact) mass is 380 g/mol. The number of methoxy groups -OCH3 is 1. The van der Waals surface area contributed by atoms with Crippen LogP contribution in [-0.2, 0) is 6.54 Å². The van der Waals surface area contributed by atoms with E-state index in [1.165, 1.54) is 24.0 Å². The third-order valence-corrected chi connectivity index (χ3v) is 5.71. The molecule has 28 heavy (non-hydrogen) atoms. The zero-order valence-corrected chi connectivity index (χ0v) is 16.3. The lowest BCUT2D eigenvalue weighted by Gasteiger charge is -2.28. The lowest BCUT2D eigenvalue weighted by molar-refractivity contribution is -0.922. The number of piperidine rings is 1. The minimum absolute atomic E-state index is 0.0883. The number of ether oxygens (including phenoxy) is 1. The van der Waals surface area contributed by atoms with Crippen molar-refractivity contribution in [1.82, 2.24) is 0 Å². The first-order chi connectivity index (χ1) is 13.6. The highest BCUT2D eigenvalue weighted by Crippen LogP contribution is 2.28. The topological polar surface area (TPSA) is 64.1 Å². The summed E-state index contributed by atoms with van der Waals surface area (Å²) < 4.78 is 11.1. The molecule has 1 fully saturated rings. The van der Waals surface area contributed by atoms with Crippen LogP contribution >= 0.6 is 0 Å². The molecule has 0 radical (unpaired) electrons. The molecule has 1 saturated heterocycles. The van der Waals surface area contributed by atoms with Gasteiger partial charge in [-0.1, -0.05) is 19.1 Å². The molecule has 0 spiro atoms. The summed E-state index contributed by atoms with van der Waals surface area (Å²) in [6.45, 7) is 5.08. The molecule has 5 nitrogen and oxygen atoms in total. The second-order valence-corrected chi connectivity index (χ2v) is 7.78. The Hall–Kier alpha value is -2.79. The van der Waals surface area contributed by atoms with Crippen LogP contribution in [0.15, 0.2) is 51.9 Å². The number of fused-ring (bicyclic) bond motifs is 1. The number of hydrogen-bond acceptors (Lipinski definition) is 4. The number of phenols is 1. The summed E-state index contributed by atoms with van der Waals surface area (Å²) in [4.78, 5) is 14.5. The fourth-order valence-electron chi connectivity index (χ4n) is 4.20. The van der Waals surface area contributed by atoms with Gasteiger partial charge in [0, 0.05) is 5.92 Å². The molecule has 1 aromatic heterocycles. The number of quaternary nitrogens is 1. The molecule has 146 valence electrons. The second-order valence-electron chi connectivity index (χ2n) is 7.78. The van der Waals surface area contributed by atoms with Crippen LogP contribution in [0.3, 0.4) is 0 Å². The third-order valence-electron chi connectivity index (χ3n) is 5.71. The van der Waals surface area contributed by atoms with Gasteiger partial charge < -0.3 is 19.2 Å². The smallest absolute Gasteiger partial charge is 0.200 e. The van der Waals surface area contributed by atoms with E-state index in [2.05, 4.69) is 6.92 Å². The average molecular weight is 380 g/mol. The highest BCUT2D eigenvalue weighted by molar-refractivity contribution is 5.85. The molecule has 1 aliphatic heterocycles. The molecule has 5 heteroatoms. The average Bonchev–Trinajstić information content (AvgIpc) is 2.71. The molecular weight excluding hydrogens is 354 g/mol. The molecule has 0 amide bonds. The number of nitrogens with one attached hydrogen (secondary N) is 1. The van der Waals surface area contributed by atoms with Crippen LogP contribution in [0.1, 0.15) is 25.3 Å². The Labute approximate surface area is 164 Å². The van der Waals surface area contributed by atoms with Gasteiger partial charge in [-0.05, 0) is 42.7 Å².